The second kappa shape index (κ2) is 7.44. The summed E-state index contributed by atoms with van der Waals surface area (Å²) in [5.74, 6) is -1.01. The maximum atomic E-state index is 12.1. The van der Waals surface area contributed by atoms with E-state index in [0.29, 0.717) is 0 Å². The third-order valence-electron chi connectivity index (χ3n) is 3.28. The van der Waals surface area contributed by atoms with Gasteiger partial charge in [0.15, 0.2) is 5.69 Å². The number of carbonyl (C=O) groups is 2. The van der Waals surface area contributed by atoms with Gasteiger partial charge in [0.05, 0.1) is 12.9 Å². The summed E-state index contributed by atoms with van der Waals surface area (Å²) in [6.45, 7) is 3.71. The van der Waals surface area contributed by atoms with Gasteiger partial charge in [-0.2, -0.15) is 0 Å². The fraction of sp³-hybridized carbons (Fsp3) is 0.312. The first-order valence-corrected chi connectivity index (χ1v) is 7.24. The van der Waals surface area contributed by atoms with E-state index in [9.17, 15) is 9.59 Å². The Labute approximate surface area is 134 Å². The van der Waals surface area contributed by atoms with Crippen molar-refractivity contribution in [3.05, 3.63) is 47.9 Å². The van der Waals surface area contributed by atoms with Crippen LogP contribution in [0.3, 0.4) is 0 Å². The van der Waals surface area contributed by atoms with Crippen LogP contribution >= 0.6 is 0 Å². The van der Waals surface area contributed by atoms with Crippen LogP contribution in [0.25, 0.3) is 0 Å². The molecule has 1 atom stereocenters. The van der Waals surface area contributed by atoms with Gasteiger partial charge >= 0.3 is 11.9 Å². The number of nitrogens with zero attached hydrogens (tertiary/aromatic N) is 2. The Balaban J connectivity index is 2.03. The van der Waals surface area contributed by atoms with Gasteiger partial charge in [-0.3, -0.25) is 0 Å². The van der Waals surface area contributed by atoms with Gasteiger partial charge in [-0.15, -0.1) is 0 Å². The average molecular weight is 317 g/mol. The van der Waals surface area contributed by atoms with Crippen molar-refractivity contribution < 1.29 is 19.1 Å². The highest BCUT2D eigenvalue weighted by Gasteiger charge is 2.23. The fourth-order valence-electron chi connectivity index (χ4n) is 2.00. The molecule has 2 N–H and O–H groups in total. The number of hydrogen-bond acceptors (Lipinski definition) is 6. The van der Waals surface area contributed by atoms with Crippen molar-refractivity contribution in [3.63, 3.8) is 0 Å². The molecule has 0 spiro atoms. The number of rotatable bonds is 6. The van der Waals surface area contributed by atoms with E-state index >= 15 is 0 Å². The second-order valence-corrected chi connectivity index (χ2v) is 4.88. The molecule has 23 heavy (non-hydrogen) atoms. The molecule has 7 heteroatoms. The average Bonchev–Trinajstić information content (AvgIpc) is 2.94. The highest BCUT2D eigenvalue weighted by Crippen LogP contribution is 2.19. The minimum absolute atomic E-state index is 0.00504. The molecule has 0 fully saturated rings. The number of ether oxygens (including phenoxy) is 2. The van der Waals surface area contributed by atoms with Crippen molar-refractivity contribution in [2.45, 2.75) is 26.5 Å². The topological polar surface area (TPSA) is 96.4 Å². The number of aromatic nitrogens is 2. The minimum Gasteiger partial charge on any atom is -0.461 e. The first-order chi connectivity index (χ1) is 11.0. The van der Waals surface area contributed by atoms with E-state index in [0.717, 1.165) is 5.56 Å². The molecule has 122 valence electrons. The molecule has 0 saturated heterocycles. The van der Waals surface area contributed by atoms with Gasteiger partial charge in [0.25, 0.3) is 0 Å². The Hall–Kier alpha value is -2.83. The van der Waals surface area contributed by atoms with Crippen molar-refractivity contribution in [3.8, 4) is 0 Å². The molecule has 0 radical (unpaired) electrons. The zero-order chi connectivity index (χ0) is 16.8. The third kappa shape index (κ3) is 3.88. The quantitative estimate of drug-likeness (QED) is 0.818. The molecule has 0 aliphatic carbocycles. The summed E-state index contributed by atoms with van der Waals surface area (Å²) in [5.41, 5.74) is 6.76. The van der Waals surface area contributed by atoms with Gasteiger partial charge in [-0.1, -0.05) is 30.3 Å². The largest absolute Gasteiger partial charge is 0.461 e. The molecular formula is C16H19N3O4. The van der Waals surface area contributed by atoms with Crippen LogP contribution in [0.1, 0.15) is 35.9 Å². The third-order valence-corrected chi connectivity index (χ3v) is 3.28. The number of benzene rings is 1. The molecule has 0 saturated carbocycles. The summed E-state index contributed by atoms with van der Waals surface area (Å²) in [7, 11) is 0. The first-order valence-electron chi connectivity index (χ1n) is 7.24. The van der Waals surface area contributed by atoms with Crippen LogP contribution in [0.2, 0.25) is 0 Å². The van der Waals surface area contributed by atoms with Crippen LogP contribution in [0.5, 0.6) is 0 Å². The van der Waals surface area contributed by atoms with Gasteiger partial charge in [0.2, 0.25) is 0 Å². The fourth-order valence-corrected chi connectivity index (χ4v) is 2.00. The highest BCUT2D eigenvalue weighted by molar-refractivity contribution is 5.92. The Morgan fingerprint density at radius 2 is 1.96 bits per heavy atom. The summed E-state index contributed by atoms with van der Waals surface area (Å²) in [6, 6.07) is 8.65. The van der Waals surface area contributed by atoms with E-state index in [1.165, 1.54) is 10.9 Å². The molecule has 7 nitrogen and oxygen atoms in total. The van der Waals surface area contributed by atoms with Gasteiger partial charge in [-0.25, -0.2) is 14.6 Å². The number of hydrogen-bond donors (Lipinski definition) is 1. The number of imidazole rings is 1. The normalized spacial score (nSPS) is 11.7. The highest BCUT2D eigenvalue weighted by atomic mass is 16.5. The molecule has 2 rings (SSSR count). The van der Waals surface area contributed by atoms with Crippen LogP contribution in [0.4, 0.5) is 5.82 Å². The van der Waals surface area contributed by atoms with Crippen LogP contribution in [-0.4, -0.2) is 28.1 Å². The van der Waals surface area contributed by atoms with Crippen LogP contribution in [0, 0.1) is 0 Å². The zero-order valence-corrected chi connectivity index (χ0v) is 13.1. The van der Waals surface area contributed by atoms with Gasteiger partial charge in [-0.05, 0) is 19.4 Å². The monoisotopic (exact) mass is 317 g/mol. The predicted molar refractivity (Wildman–Crippen MR) is 83.5 cm³/mol. The Bertz CT molecular complexity index is 682. The number of nitrogen functional groups attached to an aromatic ring is 1. The van der Waals surface area contributed by atoms with Crippen LogP contribution in [0.15, 0.2) is 36.7 Å². The maximum Gasteiger partial charge on any atom is 0.360 e. The van der Waals surface area contributed by atoms with Crippen molar-refractivity contribution in [2.24, 2.45) is 0 Å². The lowest BCUT2D eigenvalue weighted by Gasteiger charge is -2.14. The van der Waals surface area contributed by atoms with E-state index in [1.807, 2.05) is 30.3 Å². The maximum absolute atomic E-state index is 12.1. The van der Waals surface area contributed by atoms with E-state index in [2.05, 4.69) is 4.98 Å². The zero-order valence-electron chi connectivity index (χ0n) is 13.1. The van der Waals surface area contributed by atoms with E-state index < -0.39 is 18.0 Å². The van der Waals surface area contributed by atoms with Gasteiger partial charge in [0.1, 0.15) is 18.5 Å². The number of anilines is 1. The van der Waals surface area contributed by atoms with E-state index in [4.69, 9.17) is 15.2 Å². The molecule has 1 heterocycles. The summed E-state index contributed by atoms with van der Waals surface area (Å²) >= 11 is 0. The summed E-state index contributed by atoms with van der Waals surface area (Å²) in [4.78, 5) is 27.7. The molecule has 2 aromatic rings. The van der Waals surface area contributed by atoms with Crippen molar-refractivity contribution in [1.82, 2.24) is 9.55 Å². The number of esters is 2. The lowest BCUT2D eigenvalue weighted by Crippen LogP contribution is -2.20. The van der Waals surface area contributed by atoms with Gasteiger partial charge < -0.3 is 19.8 Å². The first kappa shape index (κ1) is 16.5. The summed E-state index contributed by atoms with van der Waals surface area (Å²) in [6.07, 6.45) is 1.33. The Morgan fingerprint density at radius 1 is 1.26 bits per heavy atom. The predicted octanol–water partition coefficient (Wildman–Crippen LogP) is 1.95. The Morgan fingerprint density at radius 3 is 2.61 bits per heavy atom. The van der Waals surface area contributed by atoms with Crippen molar-refractivity contribution >= 4 is 17.8 Å². The molecular weight excluding hydrogens is 298 g/mol. The molecule has 1 aromatic carbocycles. The molecule has 0 aliphatic rings. The second-order valence-electron chi connectivity index (χ2n) is 4.88. The van der Waals surface area contributed by atoms with Crippen LogP contribution < -0.4 is 5.73 Å². The number of nitrogens with two attached hydrogens (primary N) is 1. The standard InChI is InChI=1S/C16H19N3O4/c1-3-22-16(21)13-14(17)19(10-18-13)11(2)15(20)23-9-12-7-5-4-6-8-12/h4-8,10-11H,3,9,17H2,1-2H3/t11-/m0/s1. The summed E-state index contributed by atoms with van der Waals surface area (Å²) < 4.78 is 11.5. The lowest BCUT2D eigenvalue weighted by molar-refractivity contribution is -0.148. The van der Waals surface area contributed by atoms with Crippen molar-refractivity contribution in [1.29, 1.82) is 0 Å². The molecule has 1 aromatic heterocycles. The van der Waals surface area contributed by atoms with E-state index in [1.54, 1.807) is 13.8 Å². The molecule has 0 amide bonds. The van der Waals surface area contributed by atoms with Crippen LogP contribution in [-0.2, 0) is 20.9 Å². The SMILES string of the molecule is CCOC(=O)c1ncn([C@@H](C)C(=O)OCc2ccccc2)c1N. The molecule has 0 bridgehead atoms. The minimum atomic E-state index is -0.700. The number of carbonyl (C=O) groups excluding carboxylic acids is 2. The van der Waals surface area contributed by atoms with Crippen molar-refractivity contribution in [2.75, 3.05) is 12.3 Å². The molecule has 0 unspecified atom stereocenters. The molecule has 0 aliphatic heterocycles. The van der Waals surface area contributed by atoms with Gasteiger partial charge in [0, 0.05) is 0 Å². The smallest absolute Gasteiger partial charge is 0.360 e. The lowest BCUT2D eigenvalue weighted by atomic mass is 10.2. The summed E-state index contributed by atoms with van der Waals surface area (Å²) in [5, 5.41) is 0. The van der Waals surface area contributed by atoms with E-state index in [-0.39, 0.29) is 24.7 Å². The Kier molecular flexibility index (Phi) is 5.35.